The van der Waals surface area contributed by atoms with E-state index in [-0.39, 0.29) is 28.3 Å². The third-order valence-corrected chi connectivity index (χ3v) is 5.23. The number of furan rings is 1. The molecular weight excluding hydrogens is 392 g/mol. The molecule has 4 rings (SSSR count). The first kappa shape index (κ1) is 18.7. The predicted molar refractivity (Wildman–Crippen MR) is 109 cm³/mol. The fraction of sp³-hybridized carbons (Fsp3) is 0.0476. The van der Waals surface area contributed by atoms with E-state index in [0.29, 0.717) is 17.1 Å². The van der Waals surface area contributed by atoms with Crippen LogP contribution in [0.1, 0.15) is 11.3 Å². The number of non-ortho nitro benzene ring substituents is 1. The van der Waals surface area contributed by atoms with E-state index in [4.69, 9.17) is 4.42 Å². The molecule has 0 radical (unpaired) electrons. The second-order valence-corrected chi connectivity index (χ2v) is 7.25. The summed E-state index contributed by atoms with van der Waals surface area (Å²) in [5.74, 6) is 0.565. The van der Waals surface area contributed by atoms with Gasteiger partial charge in [0.1, 0.15) is 11.5 Å². The second-order valence-electron chi connectivity index (χ2n) is 6.26. The first-order valence-corrected chi connectivity index (χ1v) is 9.47. The Morgan fingerprint density at radius 2 is 1.72 bits per heavy atom. The maximum atomic E-state index is 12.6. The zero-order valence-corrected chi connectivity index (χ0v) is 15.8. The molecule has 29 heavy (non-hydrogen) atoms. The normalized spacial score (nSPS) is 15.3. The fourth-order valence-corrected chi connectivity index (χ4v) is 3.68. The minimum Gasteiger partial charge on any atom is -0.457 e. The molecule has 1 saturated heterocycles. The number of amides is 2. The number of carbonyl (C=O) groups is 2. The molecule has 0 aliphatic carbocycles. The van der Waals surface area contributed by atoms with Crippen LogP contribution in [-0.4, -0.2) is 21.0 Å². The lowest BCUT2D eigenvalue weighted by Gasteiger charge is -2.11. The Balaban J connectivity index is 1.52. The van der Waals surface area contributed by atoms with Gasteiger partial charge in [0, 0.05) is 23.8 Å². The molecule has 0 bridgehead atoms. The van der Waals surface area contributed by atoms with E-state index >= 15 is 0 Å². The first-order valence-electron chi connectivity index (χ1n) is 8.65. The van der Waals surface area contributed by atoms with Crippen LogP contribution >= 0.6 is 11.8 Å². The van der Waals surface area contributed by atoms with Gasteiger partial charge in [-0.3, -0.25) is 24.6 Å². The average molecular weight is 406 g/mol. The third kappa shape index (κ3) is 3.97. The minimum atomic E-state index is -0.469. The van der Waals surface area contributed by atoms with Gasteiger partial charge in [0.15, 0.2) is 0 Å². The fourth-order valence-electron chi connectivity index (χ4n) is 2.86. The predicted octanol–water partition coefficient (Wildman–Crippen LogP) is 5.09. The Morgan fingerprint density at radius 3 is 2.41 bits per heavy atom. The van der Waals surface area contributed by atoms with E-state index in [2.05, 4.69) is 0 Å². The van der Waals surface area contributed by atoms with Crippen molar-refractivity contribution in [3.63, 3.8) is 0 Å². The molecule has 2 amide bonds. The van der Waals surface area contributed by atoms with E-state index in [1.807, 2.05) is 30.3 Å². The minimum absolute atomic E-state index is 0.00683. The van der Waals surface area contributed by atoms with Crippen molar-refractivity contribution >= 4 is 34.7 Å². The van der Waals surface area contributed by atoms with E-state index in [1.165, 1.54) is 23.1 Å². The van der Waals surface area contributed by atoms with Gasteiger partial charge in [-0.25, -0.2) is 0 Å². The number of hydrogen-bond acceptors (Lipinski definition) is 6. The zero-order valence-electron chi connectivity index (χ0n) is 15.0. The lowest BCUT2D eigenvalue weighted by molar-refractivity contribution is -0.384. The molecule has 2 heterocycles. The molecule has 0 unspecified atom stereocenters. The smallest absolute Gasteiger partial charge is 0.293 e. The van der Waals surface area contributed by atoms with Gasteiger partial charge in [-0.05, 0) is 41.6 Å². The third-order valence-electron chi connectivity index (χ3n) is 4.32. The van der Waals surface area contributed by atoms with E-state index in [0.717, 1.165) is 17.3 Å². The monoisotopic (exact) mass is 406 g/mol. The summed E-state index contributed by atoms with van der Waals surface area (Å²) in [5.41, 5.74) is 1.54. The summed E-state index contributed by atoms with van der Waals surface area (Å²) in [5, 5.41) is 10.4. The van der Waals surface area contributed by atoms with Gasteiger partial charge >= 0.3 is 0 Å². The summed E-state index contributed by atoms with van der Waals surface area (Å²) in [6, 6.07) is 18.7. The van der Waals surface area contributed by atoms with Gasteiger partial charge in [0.2, 0.25) is 0 Å². The number of nitrogens with zero attached hydrogens (tertiary/aromatic N) is 2. The largest absolute Gasteiger partial charge is 0.457 e. The molecule has 8 heteroatoms. The van der Waals surface area contributed by atoms with E-state index < -0.39 is 4.92 Å². The SMILES string of the molecule is O=C1SC(=Cc2ccc(-c3ccc([N+](=O)[O-])cc3)o2)C(=O)N1Cc1ccccc1. The highest BCUT2D eigenvalue weighted by atomic mass is 32.2. The maximum Gasteiger partial charge on any atom is 0.293 e. The molecule has 1 aliphatic rings. The van der Waals surface area contributed by atoms with E-state index in [1.54, 1.807) is 24.3 Å². The van der Waals surface area contributed by atoms with Crippen LogP contribution in [0.3, 0.4) is 0 Å². The molecule has 0 N–H and O–H groups in total. The van der Waals surface area contributed by atoms with Crippen molar-refractivity contribution in [3.8, 4) is 11.3 Å². The van der Waals surface area contributed by atoms with Crippen molar-refractivity contribution in [2.24, 2.45) is 0 Å². The Kier molecular flexibility index (Phi) is 5.01. The van der Waals surface area contributed by atoms with Crippen molar-refractivity contribution < 1.29 is 18.9 Å². The standard InChI is InChI=1S/C21H14N2O5S/c24-20-19(29-21(25)22(20)13-14-4-2-1-3-5-14)12-17-10-11-18(28-17)15-6-8-16(9-7-15)23(26)27/h1-12H,13H2. The number of imide groups is 1. The Bertz CT molecular complexity index is 1120. The van der Waals surface area contributed by atoms with Crippen LogP contribution in [0.4, 0.5) is 10.5 Å². The lowest BCUT2D eigenvalue weighted by atomic mass is 10.1. The van der Waals surface area contributed by atoms with Crippen LogP contribution in [0.15, 0.2) is 76.1 Å². The van der Waals surface area contributed by atoms with Crippen molar-refractivity contribution in [1.29, 1.82) is 0 Å². The molecule has 0 atom stereocenters. The van der Waals surface area contributed by atoms with Crippen LogP contribution in [0.25, 0.3) is 17.4 Å². The Labute approximate surface area is 169 Å². The number of thioether (sulfide) groups is 1. The molecule has 144 valence electrons. The molecular formula is C21H14N2O5S. The summed E-state index contributed by atoms with van der Waals surface area (Å²) < 4.78 is 5.73. The van der Waals surface area contributed by atoms with Gasteiger partial charge in [-0.15, -0.1) is 0 Å². The van der Waals surface area contributed by atoms with Crippen LogP contribution in [0.5, 0.6) is 0 Å². The van der Waals surface area contributed by atoms with Crippen molar-refractivity contribution in [3.05, 3.63) is 93.1 Å². The summed E-state index contributed by atoms with van der Waals surface area (Å²) in [7, 11) is 0. The topological polar surface area (TPSA) is 93.7 Å². The van der Waals surface area contributed by atoms with Crippen LogP contribution < -0.4 is 0 Å². The molecule has 2 aromatic carbocycles. The molecule has 1 aliphatic heterocycles. The average Bonchev–Trinajstić information content (AvgIpc) is 3.29. The number of nitro groups is 1. The summed E-state index contributed by atoms with van der Waals surface area (Å²) >= 11 is 0.870. The number of benzene rings is 2. The molecule has 1 fully saturated rings. The number of rotatable bonds is 5. The van der Waals surface area contributed by atoms with Gasteiger partial charge in [0.25, 0.3) is 16.8 Å². The Morgan fingerprint density at radius 1 is 1.00 bits per heavy atom. The van der Waals surface area contributed by atoms with Gasteiger partial charge in [-0.2, -0.15) is 0 Å². The van der Waals surface area contributed by atoms with Gasteiger partial charge in [0.05, 0.1) is 16.4 Å². The zero-order chi connectivity index (χ0) is 20.4. The molecule has 7 nitrogen and oxygen atoms in total. The van der Waals surface area contributed by atoms with Crippen LogP contribution in [0, 0.1) is 10.1 Å². The highest BCUT2D eigenvalue weighted by molar-refractivity contribution is 8.18. The first-order chi connectivity index (χ1) is 14.0. The number of carbonyl (C=O) groups excluding carboxylic acids is 2. The summed E-state index contributed by atoms with van der Waals surface area (Å²) in [6.45, 7) is 0.217. The molecule has 1 aromatic heterocycles. The molecule has 0 spiro atoms. The van der Waals surface area contributed by atoms with Crippen LogP contribution in [0.2, 0.25) is 0 Å². The second kappa shape index (κ2) is 7.76. The highest BCUT2D eigenvalue weighted by Crippen LogP contribution is 2.34. The van der Waals surface area contributed by atoms with Crippen molar-refractivity contribution in [2.45, 2.75) is 6.54 Å². The highest BCUT2D eigenvalue weighted by Gasteiger charge is 2.35. The van der Waals surface area contributed by atoms with Gasteiger partial charge < -0.3 is 4.42 Å². The summed E-state index contributed by atoms with van der Waals surface area (Å²) in [6.07, 6.45) is 1.53. The molecule has 0 saturated carbocycles. The number of nitro benzene ring substituents is 1. The maximum absolute atomic E-state index is 12.6. The molecule has 3 aromatic rings. The Hall–Kier alpha value is -3.65. The number of hydrogen-bond donors (Lipinski definition) is 0. The van der Waals surface area contributed by atoms with Crippen molar-refractivity contribution in [2.75, 3.05) is 0 Å². The quantitative estimate of drug-likeness (QED) is 0.333. The lowest BCUT2D eigenvalue weighted by Crippen LogP contribution is -2.27. The summed E-state index contributed by atoms with van der Waals surface area (Å²) in [4.78, 5) is 36.6. The van der Waals surface area contributed by atoms with Gasteiger partial charge in [-0.1, -0.05) is 30.3 Å². The van der Waals surface area contributed by atoms with Crippen molar-refractivity contribution in [1.82, 2.24) is 4.90 Å². The van der Waals surface area contributed by atoms with Crippen LogP contribution in [-0.2, 0) is 11.3 Å². The van der Waals surface area contributed by atoms with E-state index in [9.17, 15) is 19.7 Å².